The van der Waals surface area contributed by atoms with Crippen molar-refractivity contribution in [3.8, 4) is 34.0 Å². The van der Waals surface area contributed by atoms with Crippen LogP contribution in [0.1, 0.15) is 59.5 Å². The third kappa shape index (κ3) is 8.27. The molecule has 37 heavy (non-hydrogen) atoms. The Balaban J connectivity index is 0.000000892. The molecule has 0 spiro atoms. The maximum atomic E-state index is 9.75. The Morgan fingerprint density at radius 3 is 1.54 bits per heavy atom. The molecule has 4 aromatic rings. The van der Waals surface area contributed by atoms with E-state index in [0.717, 1.165) is 16.7 Å². The van der Waals surface area contributed by atoms with Crippen molar-refractivity contribution >= 4 is 7.25 Å². The molecule has 0 atom stereocenters. The zero-order valence-electron chi connectivity index (χ0n) is 26.6. The highest BCUT2D eigenvalue weighted by atomic mass is 19.5. The lowest BCUT2D eigenvalue weighted by Gasteiger charge is -2.18. The quantitative estimate of drug-likeness (QED) is 0.154. The molecule has 0 unspecified atom stereocenters. The van der Waals surface area contributed by atoms with Crippen LogP contribution >= 0.6 is 0 Å². The van der Waals surface area contributed by atoms with Crippen LogP contribution < -0.4 is 0 Å². The van der Waals surface area contributed by atoms with Gasteiger partial charge in [-0.1, -0.05) is 96.0 Å². The van der Waals surface area contributed by atoms with Gasteiger partial charge in [-0.05, 0) is 46.2 Å². The zero-order valence-corrected chi connectivity index (χ0v) is 21.6. The monoisotopic (exact) mass is 514 g/mol. The maximum Gasteiger partial charge on any atom is 0.673 e. The molecule has 0 aliphatic rings. The number of hydrogen-bond acceptors (Lipinski definition) is 1. The van der Waals surface area contributed by atoms with E-state index in [9.17, 15) is 17.3 Å². The predicted octanol–water partition coefficient (Wildman–Crippen LogP) is 9.85. The molecule has 0 N–H and O–H groups in total. The van der Waals surface area contributed by atoms with Gasteiger partial charge in [0.15, 0.2) is 0 Å². The van der Waals surface area contributed by atoms with Crippen molar-refractivity contribution in [1.29, 1.82) is 0 Å². The molecule has 0 aliphatic heterocycles. The van der Waals surface area contributed by atoms with E-state index in [1.807, 2.05) is 48.5 Å². The number of aromatic nitrogens is 1. The highest BCUT2D eigenvalue weighted by Gasteiger charge is 2.24. The van der Waals surface area contributed by atoms with Crippen molar-refractivity contribution in [2.75, 3.05) is 0 Å². The van der Waals surface area contributed by atoms with E-state index in [1.54, 1.807) is 6.07 Å². The second-order valence-electron chi connectivity index (χ2n) is 10.6. The van der Waals surface area contributed by atoms with Crippen LogP contribution in [-0.4, -0.2) is 12.2 Å². The van der Waals surface area contributed by atoms with Crippen molar-refractivity contribution in [2.24, 2.45) is 0 Å². The predicted molar refractivity (Wildman–Crippen MR) is 145 cm³/mol. The molecule has 0 bridgehead atoms. The highest BCUT2D eigenvalue weighted by molar-refractivity contribution is 6.50. The third-order valence-electron chi connectivity index (χ3n) is 5.49. The standard InChI is InChI=1S/C30H32NO.BF4/c1-29(2,3)24-16-12-22(13-17-24)27-20-26(21-10-8-7-9-11-21)31-28(32-27)23-14-18-25(19-15-23)30(4,5)6;2-1(3,4)5/h7-20H,1-6H3;/q+1;-1/i7D,8D,9D,10D,11D;. The molecule has 4 rings (SSSR count). The van der Waals surface area contributed by atoms with Crippen molar-refractivity contribution in [3.63, 3.8) is 0 Å². The summed E-state index contributed by atoms with van der Waals surface area (Å²) >= 11 is 0. The summed E-state index contributed by atoms with van der Waals surface area (Å²) in [6, 6.07) is 15.8. The molecule has 0 amide bonds. The lowest BCUT2D eigenvalue weighted by Crippen LogP contribution is -2.10. The summed E-state index contributed by atoms with van der Waals surface area (Å²) in [6.07, 6.45) is 0. The minimum atomic E-state index is -6.00. The summed E-state index contributed by atoms with van der Waals surface area (Å²) in [5.41, 5.74) is 4.15. The lowest BCUT2D eigenvalue weighted by atomic mass is 9.86. The first kappa shape index (κ1) is 21.6. The normalized spacial score (nSPS) is 13.9. The number of nitrogens with zero attached hydrogens (tertiary/aromatic N) is 1. The van der Waals surface area contributed by atoms with Gasteiger partial charge < -0.3 is 17.3 Å². The van der Waals surface area contributed by atoms with Gasteiger partial charge in [0, 0.05) is 5.56 Å². The molecule has 1 heterocycles. The largest absolute Gasteiger partial charge is 0.673 e. The molecule has 0 fully saturated rings. The van der Waals surface area contributed by atoms with E-state index in [-0.39, 0.29) is 34.2 Å². The first-order chi connectivity index (χ1) is 19.2. The second kappa shape index (κ2) is 10.9. The fourth-order valence-corrected chi connectivity index (χ4v) is 3.44. The van der Waals surface area contributed by atoms with Crippen LogP contribution in [0.5, 0.6) is 0 Å². The van der Waals surface area contributed by atoms with Crippen LogP contribution in [0.15, 0.2) is 89.2 Å². The summed E-state index contributed by atoms with van der Waals surface area (Å²) < 4.78 is 86.4. The molecule has 1 aromatic heterocycles. The molecule has 0 aliphatic carbocycles. The number of hydrogen-bond donors (Lipinski definition) is 0. The fourth-order valence-electron chi connectivity index (χ4n) is 3.44. The average Bonchev–Trinajstić information content (AvgIpc) is 2.89. The average molecular weight is 514 g/mol. The van der Waals surface area contributed by atoms with Crippen LogP contribution in [-0.2, 0) is 10.8 Å². The Labute approximate surface area is 223 Å². The minimum absolute atomic E-state index is 0.00760. The third-order valence-corrected chi connectivity index (χ3v) is 5.49. The molecule has 0 saturated heterocycles. The Hall–Kier alpha value is -3.48. The Kier molecular flexibility index (Phi) is 6.35. The molecule has 3 aromatic carbocycles. The zero-order chi connectivity index (χ0) is 31.8. The van der Waals surface area contributed by atoms with Crippen molar-refractivity contribution in [2.45, 2.75) is 52.4 Å². The number of halogens is 4. The summed E-state index contributed by atoms with van der Waals surface area (Å²) in [6.45, 7) is 12.9. The molecule has 7 heteroatoms. The van der Waals surface area contributed by atoms with Crippen LogP contribution in [0, 0.1) is 0 Å². The van der Waals surface area contributed by atoms with Gasteiger partial charge in [0.05, 0.1) is 24.2 Å². The first-order valence-electron chi connectivity index (χ1n) is 14.2. The van der Waals surface area contributed by atoms with Gasteiger partial charge in [0.2, 0.25) is 0 Å². The smallest absolute Gasteiger partial charge is 0.418 e. The van der Waals surface area contributed by atoms with E-state index in [2.05, 4.69) is 46.5 Å². The Morgan fingerprint density at radius 1 is 0.676 bits per heavy atom. The van der Waals surface area contributed by atoms with E-state index < -0.39 is 25.4 Å². The van der Waals surface area contributed by atoms with Gasteiger partial charge in [0.25, 0.3) is 0 Å². The van der Waals surface area contributed by atoms with Crippen LogP contribution in [0.25, 0.3) is 34.0 Å². The molecule has 0 saturated carbocycles. The molecular formula is C30H32BF4NO. The van der Waals surface area contributed by atoms with Gasteiger partial charge >= 0.3 is 18.9 Å². The van der Waals surface area contributed by atoms with Gasteiger partial charge in [-0.25, -0.2) is 0 Å². The Bertz CT molecular complexity index is 1470. The highest BCUT2D eigenvalue weighted by Crippen LogP contribution is 2.32. The maximum absolute atomic E-state index is 9.75. The summed E-state index contributed by atoms with van der Waals surface area (Å²) in [4.78, 5) is 4.65. The van der Waals surface area contributed by atoms with Gasteiger partial charge in [-0.3, -0.25) is 0 Å². The van der Waals surface area contributed by atoms with Crippen LogP contribution in [0.2, 0.25) is 0 Å². The molecule has 2 nitrogen and oxygen atoms in total. The summed E-state index contributed by atoms with van der Waals surface area (Å²) in [5.74, 6) is 0.798. The van der Waals surface area contributed by atoms with Gasteiger partial charge in [0.1, 0.15) is 5.56 Å². The second-order valence-corrected chi connectivity index (χ2v) is 10.6. The van der Waals surface area contributed by atoms with Gasteiger partial charge in [-0.15, -0.1) is 0 Å². The SMILES string of the molecule is F[B-](F)(F)F.[2H]c1c([2H])c([2H])c(-c2cc(-c3ccc(C(C)(C)C)cc3)[o+]c(-c3ccc(C(C)(C)C)cc3)n2)c([2H])c1[2H]. The van der Waals surface area contributed by atoms with E-state index in [1.165, 1.54) is 5.56 Å². The minimum Gasteiger partial charge on any atom is -0.418 e. The van der Waals surface area contributed by atoms with E-state index >= 15 is 0 Å². The van der Waals surface area contributed by atoms with E-state index in [0.29, 0.717) is 11.7 Å². The van der Waals surface area contributed by atoms with Crippen molar-refractivity contribution < 1.29 is 28.5 Å². The van der Waals surface area contributed by atoms with E-state index in [4.69, 9.17) is 11.3 Å². The molecule has 0 radical (unpaired) electrons. The van der Waals surface area contributed by atoms with Crippen molar-refractivity contribution in [1.82, 2.24) is 4.98 Å². The topological polar surface area (TPSA) is 24.2 Å². The molecule has 194 valence electrons. The van der Waals surface area contributed by atoms with Crippen LogP contribution in [0.3, 0.4) is 0 Å². The molecular weight excluding hydrogens is 477 g/mol. The first-order valence-corrected chi connectivity index (χ1v) is 11.7. The van der Waals surface area contributed by atoms with Crippen LogP contribution in [0.4, 0.5) is 17.3 Å². The number of benzene rings is 3. The number of rotatable bonds is 3. The lowest BCUT2D eigenvalue weighted by molar-refractivity contribution is 0.368. The summed E-state index contributed by atoms with van der Waals surface area (Å²) in [7, 11) is -6.00. The summed E-state index contributed by atoms with van der Waals surface area (Å²) in [5, 5.41) is 0. The van der Waals surface area contributed by atoms with Gasteiger partial charge in [-0.2, -0.15) is 9.40 Å². The van der Waals surface area contributed by atoms with Crippen molar-refractivity contribution in [3.05, 3.63) is 95.9 Å². The fraction of sp³-hybridized carbons (Fsp3) is 0.267. The Morgan fingerprint density at radius 2 is 1.11 bits per heavy atom.